The molecule has 1 saturated heterocycles. The van der Waals surface area contributed by atoms with Gasteiger partial charge in [-0.3, -0.25) is 4.99 Å². The third kappa shape index (κ3) is 2.85. The van der Waals surface area contributed by atoms with Crippen LogP contribution in [0.5, 0.6) is 0 Å². The van der Waals surface area contributed by atoms with Crippen molar-refractivity contribution in [2.75, 3.05) is 13.3 Å². The van der Waals surface area contributed by atoms with E-state index in [1.807, 2.05) is 30.3 Å². The highest BCUT2D eigenvalue weighted by atomic mass is 32.1. The van der Waals surface area contributed by atoms with Crippen LogP contribution in [0.3, 0.4) is 0 Å². The normalized spacial score (nSPS) is 36.1. The molecular formula is C17H20N4O4S. The van der Waals surface area contributed by atoms with Crippen LogP contribution in [0.15, 0.2) is 45.3 Å². The number of amidine groups is 1. The summed E-state index contributed by atoms with van der Waals surface area (Å²) < 4.78 is 5.72. The average Bonchev–Trinajstić information content (AvgIpc) is 3.19. The molecule has 1 aromatic rings. The molecule has 138 valence electrons. The number of ether oxygens (including phenoxy) is 1. The molecule has 0 spiro atoms. The molecule has 3 heterocycles. The molecule has 26 heavy (non-hydrogen) atoms. The van der Waals surface area contributed by atoms with E-state index in [1.165, 1.54) is 6.34 Å². The van der Waals surface area contributed by atoms with Crippen LogP contribution in [-0.2, 0) is 11.2 Å². The molecule has 9 heteroatoms. The van der Waals surface area contributed by atoms with Gasteiger partial charge in [0.25, 0.3) is 0 Å². The summed E-state index contributed by atoms with van der Waals surface area (Å²) in [7, 11) is 0. The van der Waals surface area contributed by atoms with Crippen LogP contribution in [0.4, 0.5) is 0 Å². The molecule has 3 aliphatic heterocycles. The Bertz CT molecular complexity index is 771. The van der Waals surface area contributed by atoms with Crippen molar-refractivity contribution in [2.24, 2.45) is 15.0 Å². The summed E-state index contributed by atoms with van der Waals surface area (Å²) in [6.45, 7) is -0.0939. The Kier molecular flexibility index (Phi) is 4.57. The van der Waals surface area contributed by atoms with Crippen LogP contribution in [-0.4, -0.2) is 80.8 Å². The van der Waals surface area contributed by atoms with E-state index < -0.39 is 29.4 Å². The Morgan fingerprint density at radius 1 is 1.31 bits per heavy atom. The van der Waals surface area contributed by atoms with Crippen molar-refractivity contribution in [3.05, 3.63) is 35.9 Å². The molecule has 0 radical (unpaired) electrons. The van der Waals surface area contributed by atoms with Crippen LogP contribution in [0.25, 0.3) is 0 Å². The van der Waals surface area contributed by atoms with Gasteiger partial charge in [-0.15, -0.1) is 0 Å². The lowest BCUT2D eigenvalue weighted by atomic mass is 9.97. The fourth-order valence-corrected chi connectivity index (χ4v) is 3.87. The number of hydrogen-bond donors (Lipinski definition) is 4. The minimum atomic E-state index is -1.51. The second-order valence-electron chi connectivity index (χ2n) is 6.52. The Morgan fingerprint density at radius 3 is 2.77 bits per heavy atom. The van der Waals surface area contributed by atoms with E-state index in [4.69, 9.17) is 4.74 Å². The fraction of sp³-hybridized carbons (Fsp3) is 0.471. The second-order valence-corrected chi connectivity index (χ2v) is 7.12. The first-order chi connectivity index (χ1) is 12.5. The number of benzene rings is 1. The van der Waals surface area contributed by atoms with E-state index in [9.17, 15) is 15.3 Å². The minimum absolute atomic E-state index is 0.210. The van der Waals surface area contributed by atoms with Crippen molar-refractivity contribution < 1.29 is 20.1 Å². The van der Waals surface area contributed by atoms with Gasteiger partial charge in [0.15, 0.2) is 5.84 Å². The molecule has 5 atom stereocenters. The number of nitrogens with zero attached hydrogens (tertiary/aromatic N) is 4. The summed E-state index contributed by atoms with van der Waals surface area (Å²) in [5, 5.41) is 30.0. The van der Waals surface area contributed by atoms with Crippen LogP contribution < -0.4 is 0 Å². The zero-order valence-electron chi connectivity index (χ0n) is 13.9. The molecule has 3 aliphatic rings. The summed E-state index contributed by atoms with van der Waals surface area (Å²) in [6.07, 6.45) is -0.643. The van der Waals surface area contributed by atoms with E-state index in [1.54, 1.807) is 4.90 Å². The predicted molar refractivity (Wildman–Crippen MR) is 99.7 cm³/mol. The van der Waals surface area contributed by atoms with Gasteiger partial charge in [0.05, 0.1) is 18.0 Å². The number of aliphatic hydroxyl groups excluding tert-OH is 2. The van der Waals surface area contributed by atoms with Crippen LogP contribution >= 0.6 is 12.6 Å². The molecule has 1 unspecified atom stereocenters. The molecule has 0 saturated carbocycles. The van der Waals surface area contributed by atoms with Gasteiger partial charge in [-0.1, -0.05) is 30.3 Å². The zero-order chi connectivity index (χ0) is 18.3. The van der Waals surface area contributed by atoms with Gasteiger partial charge >= 0.3 is 0 Å². The monoisotopic (exact) mass is 376 g/mol. The van der Waals surface area contributed by atoms with E-state index in [0.29, 0.717) is 11.5 Å². The summed E-state index contributed by atoms with van der Waals surface area (Å²) in [4.78, 5) is 14.6. The molecule has 0 aliphatic carbocycles. The van der Waals surface area contributed by atoms with Crippen molar-refractivity contribution in [2.45, 2.75) is 35.8 Å². The SMILES string of the molecule is OC[C@H]1O[C@@H](N2CN=C3C2=NC=NC3(O)Cc2ccccc2)[C@H](S)[C@@H]1O. The van der Waals surface area contributed by atoms with Gasteiger partial charge in [0, 0.05) is 6.42 Å². The van der Waals surface area contributed by atoms with E-state index >= 15 is 0 Å². The Hall–Kier alpha value is -1.78. The van der Waals surface area contributed by atoms with Crippen LogP contribution in [0.2, 0.25) is 0 Å². The number of rotatable bonds is 4. The van der Waals surface area contributed by atoms with Gasteiger partial charge in [0.2, 0.25) is 5.72 Å². The third-order valence-corrected chi connectivity index (χ3v) is 5.37. The summed E-state index contributed by atoms with van der Waals surface area (Å²) in [5.74, 6) is 0.452. The maximum atomic E-state index is 11.1. The molecule has 0 amide bonds. The topological polar surface area (TPSA) is 110 Å². The Morgan fingerprint density at radius 2 is 2.08 bits per heavy atom. The smallest absolute Gasteiger partial charge is 0.208 e. The first kappa shape index (κ1) is 17.6. The zero-order valence-corrected chi connectivity index (χ0v) is 14.8. The molecule has 1 fully saturated rings. The first-order valence-corrected chi connectivity index (χ1v) is 8.87. The van der Waals surface area contributed by atoms with Gasteiger partial charge in [0.1, 0.15) is 31.1 Å². The fourth-order valence-electron chi connectivity index (χ4n) is 3.45. The van der Waals surface area contributed by atoms with Crippen molar-refractivity contribution in [1.29, 1.82) is 0 Å². The first-order valence-electron chi connectivity index (χ1n) is 8.36. The molecule has 1 aromatic carbocycles. The van der Waals surface area contributed by atoms with Gasteiger partial charge in [-0.05, 0) is 5.56 Å². The molecule has 8 nitrogen and oxygen atoms in total. The summed E-state index contributed by atoms with van der Waals surface area (Å²) >= 11 is 4.42. The standard InChI is InChI=1S/C17H20N4O4S/c22-7-11-12(23)13(26)16(25-11)21-9-19-14-15(21)18-8-20-17(14,24)6-10-4-2-1-3-5-10/h1-5,8,11-13,16,22-24,26H,6-7,9H2/t11-,12-,13-,16-,17?/m1/s1. The molecule has 3 N–H and O–H groups in total. The van der Waals surface area contributed by atoms with Crippen molar-refractivity contribution in [3.8, 4) is 0 Å². The Labute approximate surface area is 156 Å². The van der Waals surface area contributed by atoms with Crippen LogP contribution in [0.1, 0.15) is 5.56 Å². The molecule has 0 bridgehead atoms. The minimum Gasteiger partial charge on any atom is -0.394 e. The summed E-state index contributed by atoms with van der Waals surface area (Å²) in [5.41, 5.74) is -0.211. The van der Waals surface area contributed by atoms with Gasteiger partial charge < -0.3 is 25.0 Å². The number of thiol groups is 1. The average molecular weight is 376 g/mol. The summed E-state index contributed by atoms with van der Waals surface area (Å²) in [6, 6.07) is 9.54. The number of hydrogen-bond acceptors (Lipinski definition) is 9. The Balaban J connectivity index is 1.57. The molecular weight excluding hydrogens is 356 g/mol. The maximum absolute atomic E-state index is 11.1. The van der Waals surface area contributed by atoms with Gasteiger partial charge in [-0.2, -0.15) is 12.6 Å². The lowest BCUT2D eigenvalue weighted by Gasteiger charge is -2.32. The predicted octanol–water partition coefficient (Wildman–Crippen LogP) is -0.551. The largest absolute Gasteiger partial charge is 0.394 e. The van der Waals surface area contributed by atoms with Crippen molar-refractivity contribution in [3.63, 3.8) is 0 Å². The number of aliphatic imine (C=N–C) groups is 3. The van der Waals surface area contributed by atoms with Crippen LogP contribution in [0, 0.1) is 0 Å². The lowest BCUT2D eigenvalue weighted by Crippen LogP contribution is -2.51. The van der Waals surface area contributed by atoms with E-state index in [2.05, 4.69) is 27.6 Å². The van der Waals surface area contributed by atoms with Gasteiger partial charge in [-0.25, -0.2) is 9.98 Å². The van der Waals surface area contributed by atoms with Crippen molar-refractivity contribution >= 4 is 30.5 Å². The maximum Gasteiger partial charge on any atom is 0.208 e. The molecule has 4 rings (SSSR count). The highest BCUT2D eigenvalue weighted by Gasteiger charge is 2.50. The highest BCUT2D eigenvalue weighted by Crippen LogP contribution is 2.32. The number of aliphatic hydroxyl groups is 3. The molecule has 0 aromatic heterocycles. The lowest BCUT2D eigenvalue weighted by molar-refractivity contribution is -0.0557. The van der Waals surface area contributed by atoms with E-state index in [-0.39, 0.29) is 19.7 Å². The number of fused-ring (bicyclic) bond motifs is 1. The second kappa shape index (κ2) is 6.75. The van der Waals surface area contributed by atoms with E-state index in [0.717, 1.165) is 5.56 Å². The van der Waals surface area contributed by atoms with Crippen molar-refractivity contribution in [1.82, 2.24) is 4.90 Å². The highest BCUT2D eigenvalue weighted by molar-refractivity contribution is 7.81. The quantitative estimate of drug-likeness (QED) is 0.527. The third-order valence-electron chi connectivity index (χ3n) is 4.81.